The number of amides is 1. The van der Waals surface area contributed by atoms with E-state index in [0.29, 0.717) is 29.4 Å². The number of hydrogen-bond donors (Lipinski definition) is 3. The molecule has 2 aromatic rings. The van der Waals surface area contributed by atoms with Crippen molar-refractivity contribution in [1.29, 1.82) is 5.41 Å². The molecule has 2 atom stereocenters. The molecule has 4 N–H and O–H groups in total. The second-order valence-corrected chi connectivity index (χ2v) is 8.19. The number of carbonyl (C=O) groups excluding carboxylic acids is 1. The maximum absolute atomic E-state index is 12.6. The van der Waals surface area contributed by atoms with Gasteiger partial charge in [0, 0.05) is 18.5 Å². The summed E-state index contributed by atoms with van der Waals surface area (Å²) in [7, 11) is 1.56. The molecule has 0 saturated carbocycles. The number of hydrazine groups is 1. The molecule has 1 aromatic heterocycles. The fourth-order valence-electron chi connectivity index (χ4n) is 2.78. The van der Waals surface area contributed by atoms with Gasteiger partial charge in [0.25, 0.3) is 0 Å². The largest absolute Gasteiger partial charge is 0.389 e. The van der Waals surface area contributed by atoms with E-state index in [1.165, 1.54) is 0 Å². The van der Waals surface area contributed by atoms with Crippen LogP contribution in [0.5, 0.6) is 0 Å². The van der Waals surface area contributed by atoms with E-state index < -0.39 is 0 Å². The van der Waals surface area contributed by atoms with Crippen LogP contribution >= 0.6 is 0 Å². The van der Waals surface area contributed by atoms with Gasteiger partial charge in [-0.2, -0.15) is 0 Å². The first-order valence-corrected chi connectivity index (χ1v) is 10.9. The number of nitrogens with zero attached hydrogens (tertiary/aromatic N) is 3. The Bertz CT molecular complexity index is 946. The summed E-state index contributed by atoms with van der Waals surface area (Å²) in [6.07, 6.45) is 0.125. The van der Waals surface area contributed by atoms with Crippen molar-refractivity contribution >= 4 is 23.3 Å². The molecular weight excluding hydrogens is 420 g/mol. The normalized spacial score (nSPS) is 13.4. The molecule has 9 nitrogen and oxygen atoms in total. The molecule has 1 heterocycles. The Balaban J connectivity index is 2.02. The smallest absolute Gasteiger partial charge is 0.228 e. The SMILES string of the molecule is CC(C)OCC(C)C(C)C(=O)Nc1cccc(CO/N=C(\C(=N)N(C)N)c2ccccc2)n1. The molecule has 0 aliphatic rings. The summed E-state index contributed by atoms with van der Waals surface area (Å²) in [4.78, 5) is 22.5. The Labute approximate surface area is 195 Å². The number of ether oxygens (including phenoxy) is 1. The maximum Gasteiger partial charge on any atom is 0.228 e. The molecule has 178 valence electrons. The molecule has 33 heavy (non-hydrogen) atoms. The highest BCUT2D eigenvalue weighted by Crippen LogP contribution is 2.16. The van der Waals surface area contributed by atoms with E-state index in [0.717, 1.165) is 5.01 Å². The molecule has 0 radical (unpaired) electrons. The van der Waals surface area contributed by atoms with Gasteiger partial charge in [-0.3, -0.25) is 15.2 Å². The highest BCUT2D eigenvalue weighted by atomic mass is 16.6. The van der Waals surface area contributed by atoms with Crippen molar-refractivity contribution in [3.05, 3.63) is 59.8 Å². The minimum Gasteiger partial charge on any atom is -0.389 e. The lowest BCUT2D eigenvalue weighted by Gasteiger charge is -2.20. The Morgan fingerprint density at radius 3 is 2.48 bits per heavy atom. The van der Waals surface area contributed by atoms with Gasteiger partial charge in [0.2, 0.25) is 5.91 Å². The third kappa shape index (κ3) is 8.28. The molecule has 0 spiro atoms. The second kappa shape index (κ2) is 12.7. The third-order valence-corrected chi connectivity index (χ3v) is 5.01. The number of nitrogens with one attached hydrogen (secondary N) is 2. The third-order valence-electron chi connectivity index (χ3n) is 5.01. The summed E-state index contributed by atoms with van der Waals surface area (Å²) >= 11 is 0. The molecule has 1 aromatic carbocycles. The molecule has 0 aliphatic carbocycles. The van der Waals surface area contributed by atoms with Gasteiger partial charge in [0.05, 0.1) is 18.4 Å². The summed E-state index contributed by atoms with van der Waals surface area (Å²) in [5.41, 5.74) is 1.59. The number of rotatable bonds is 11. The highest BCUT2D eigenvalue weighted by molar-refractivity contribution is 6.46. The summed E-state index contributed by atoms with van der Waals surface area (Å²) in [6.45, 7) is 8.39. The van der Waals surface area contributed by atoms with Crippen LogP contribution in [0, 0.1) is 17.2 Å². The highest BCUT2D eigenvalue weighted by Gasteiger charge is 2.21. The van der Waals surface area contributed by atoms with Gasteiger partial charge in [-0.25, -0.2) is 10.8 Å². The minimum absolute atomic E-state index is 0.0136. The monoisotopic (exact) mass is 454 g/mol. The summed E-state index contributed by atoms with van der Waals surface area (Å²) in [5, 5.41) is 16.3. The molecule has 0 bridgehead atoms. The van der Waals surface area contributed by atoms with Crippen molar-refractivity contribution in [3.8, 4) is 0 Å². The molecule has 2 rings (SSSR count). The van der Waals surface area contributed by atoms with Crippen LogP contribution < -0.4 is 11.2 Å². The number of oxime groups is 1. The number of pyridine rings is 1. The Hall–Kier alpha value is -3.30. The average molecular weight is 455 g/mol. The molecule has 0 aliphatic heterocycles. The summed E-state index contributed by atoms with van der Waals surface area (Å²) < 4.78 is 5.62. The van der Waals surface area contributed by atoms with E-state index in [-0.39, 0.29) is 36.3 Å². The standard InChI is InChI=1S/C24H34N6O3/c1-16(2)32-14-17(3)18(4)24(31)28-21-13-9-12-20(27-21)15-33-29-22(23(25)30(5)26)19-10-7-6-8-11-19/h6-13,16-18,25H,14-15,26H2,1-5H3,(H,27,28,31)/b25-23?,29-22-. The number of amidine groups is 1. The van der Waals surface area contributed by atoms with E-state index in [1.807, 2.05) is 58.0 Å². The topological polar surface area (TPSA) is 126 Å². The van der Waals surface area contributed by atoms with E-state index in [4.69, 9.17) is 20.8 Å². The van der Waals surface area contributed by atoms with Crippen LogP contribution in [0.1, 0.15) is 39.0 Å². The lowest BCUT2D eigenvalue weighted by molar-refractivity contribution is -0.121. The molecule has 0 saturated heterocycles. The number of nitrogens with two attached hydrogens (primary N) is 1. The van der Waals surface area contributed by atoms with Gasteiger partial charge in [-0.15, -0.1) is 0 Å². The fourth-order valence-corrected chi connectivity index (χ4v) is 2.78. The van der Waals surface area contributed by atoms with Gasteiger partial charge in [0.1, 0.15) is 5.82 Å². The number of aromatic nitrogens is 1. The molecule has 2 unspecified atom stereocenters. The van der Waals surface area contributed by atoms with E-state index in [2.05, 4.69) is 15.5 Å². The second-order valence-electron chi connectivity index (χ2n) is 8.19. The lowest BCUT2D eigenvalue weighted by atomic mass is 9.96. The van der Waals surface area contributed by atoms with Gasteiger partial charge in [-0.1, -0.05) is 55.4 Å². The van der Waals surface area contributed by atoms with E-state index in [1.54, 1.807) is 25.2 Å². The zero-order valence-corrected chi connectivity index (χ0v) is 19.9. The summed E-state index contributed by atoms with van der Waals surface area (Å²) in [6, 6.07) is 14.5. The van der Waals surface area contributed by atoms with Gasteiger partial charge < -0.3 is 14.9 Å². The first kappa shape index (κ1) is 26.0. The first-order valence-electron chi connectivity index (χ1n) is 10.9. The van der Waals surface area contributed by atoms with Crippen LogP contribution in [-0.4, -0.2) is 47.2 Å². The van der Waals surface area contributed by atoms with Crippen molar-refractivity contribution < 1.29 is 14.4 Å². The molecule has 9 heteroatoms. The van der Waals surface area contributed by atoms with Crippen LogP contribution in [-0.2, 0) is 21.0 Å². The van der Waals surface area contributed by atoms with Crippen molar-refractivity contribution in [3.63, 3.8) is 0 Å². The van der Waals surface area contributed by atoms with Gasteiger partial charge >= 0.3 is 0 Å². The Morgan fingerprint density at radius 1 is 1.15 bits per heavy atom. The molecular formula is C24H34N6O3. The van der Waals surface area contributed by atoms with Crippen molar-refractivity contribution in [2.75, 3.05) is 19.0 Å². The van der Waals surface area contributed by atoms with Gasteiger partial charge in [-0.05, 0) is 31.9 Å². The average Bonchev–Trinajstić information content (AvgIpc) is 2.80. The minimum atomic E-state index is -0.234. The molecule has 1 amide bonds. The number of anilines is 1. The number of benzene rings is 1. The quantitative estimate of drug-likeness (QED) is 0.207. The van der Waals surface area contributed by atoms with Gasteiger partial charge in [0.15, 0.2) is 18.2 Å². The zero-order chi connectivity index (χ0) is 24.4. The Morgan fingerprint density at radius 2 is 1.85 bits per heavy atom. The van der Waals surface area contributed by atoms with E-state index >= 15 is 0 Å². The van der Waals surface area contributed by atoms with Crippen LogP contribution in [0.25, 0.3) is 0 Å². The fraction of sp³-hybridized carbons (Fsp3) is 0.417. The first-order chi connectivity index (χ1) is 15.7. The lowest BCUT2D eigenvalue weighted by Crippen LogP contribution is -2.38. The van der Waals surface area contributed by atoms with Crippen LogP contribution in [0.4, 0.5) is 5.82 Å². The van der Waals surface area contributed by atoms with Crippen LogP contribution in [0.15, 0.2) is 53.7 Å². The number of hydrogen-bond acceptors (Lipinski definition) is 7. The zero-order valence-electron chi connectivity index (χ0n) is 19.9. The van der Waals surface area contributed by atoms with Crippen molar-refractivity contribution in [1.82, 2.24) is 9.99 Å². The summed E-state index contributed by atoms with van der Waals surface area (Å²) in [5.74, 6) is 5.88. The maximum atomic E-state index is 12.6. The molecule has 0 fully saturated rings. The van der Waals surface area contributed by atoms with Crippen molar-refractivity contribution in [2.24, 2.45) is 22.8 Å². The number of likely N-dealkylation sites (N-methyl/N-ethyl adjacent to an activating group) is 1. The van der Waals surface area contributed by atoms with Crippen LogP contribution in [0.2, 0.25) is 0 Å². The predicted molar refractivity (Wildman–Crippen MR) is 130 cm³/mol. The number of carbonyl (C=O) groups is 1. The Kier molecular flexibility index (Phi) is 9.96. The van der Waals surface area contributed by atoms with Crippen LogP contribution in [0.3, 0.4) is 0 Å². The van der Waals surface area contributed by atoms with Crippen molar-refractivity contribution in [2.45, 2.75) is 40.4 Å². The van der Waals surface area contributed by atoms with E-state index in [9.17, 15) is 4.79 Å². The predicted octanol–water partition coefficient (Wildman–Crippen LogP) is 3.42.